The zero-order valence-electron chi connectivity index (χ0n) is 11.9. The fourth-order valence-corrected chi connectivity index (χ4v) is 2.46. The normalized spacial score (nSPS) is 12.7. The molecule has 0 radical (unpaired) electrons. The monoisotopic (exact) mass is 277 g/mol. The van der Waals surface area contributed by atoms with Gasteiger partial charge in [0.15, 0.2) is 0 Å². The van der Waals surface area contributed by atoms with Crippen molar-refractivity contribution in [3.8, 4) is 0 Å². The van der Waals surface area contributed by atoms with Crippen LogP contribution < -0.4 is 5.73 Å². The van der Waals surface area contributed by atoms with E-state index in [1.54, 1.807) is 0 Å². The Balaban J connectivity index is 2.25. The van der Waals surface area contributed by atoms with Crippen LogP contribution in [0.2, 0.25) is 5.02 Å². The van der Waals surface area contributed by atoms with Crippen LogP contribution in [0.4, 0.5) is 0 Å². The molecule has 102 valence electrons. The highest BCUT2D eigenvalue weighted by Gasteiger charge is 2.16. The predicted molar refractivity (Wildman–Crippen MR) is 79.5 cm³/mol. The van der Waals surface area contributed by atoms with E-state index in [0.717, 1.165) is 22.0 Å². The van der Waals surface area contributed by atoms with Gasteiger partial charge in [-0.1, -0.05) is 29.8 Å². The third kappa shape index (κ3) is 2.82. The van der Waals surface area contributed by atoms with Gasteiger partial charge in [-0.05, 0) is 37.5 Å². The summed E-state index contributed by atoms with van der Waals surface area (Å²) in [7, 11) is 1.90. The first kappa shape index (κ1) is 14.1. The summed E-state index contributed by atoms with van der Waals surface area (Å²) >= 11 is 6.26. The van der Waals surface area contributed by atoms with E-state index in [9.17, 15) is 0 Å². The Bertz CT molecular complexity index is 602. The van der Waals surface area contributed by atoms with Crippen molar-refractivity contribution in [3.63, 3.8) is 0 Å². The third-order valence-corrected chi connectivity index (χ3v) is 4.13. The van der Waals surface area contributed by atoms with Crippen LogP contribution in [0.3, 0.4) is 0 Å². The van der Waals surface area contributed by atoms with Gasteiger partial charge in [-0.2, -0.15) is 5.10 Å². The van der Waals surface area contributed by atoms with Crippen molar-refractivity contribution in [1.29, 1.82) is 0 Å². The number of aryl methyl sites for hydroxylation is 4. The molecular weight excluding hydrogens is 258 g/mol. The predicted octanol–water partition coefficient (Wildman–Crippen LogP) is 3.24. The molecule has 0 aliphatic carbocycles. The first-order valence-corrected chi connectivity index (χ1v) is 6.78. The molecule has 1 heterocycles. The molecule has 4 heteroatoms. The van der Waals surface area contributed by atoms with Crippen LogP contribution in [-0.2, 0) is 13.5 Å². The lowest BCUT2D eigenvalue weighted by Crippen LogP contribution is -2.16. The van der Waals surface area contributed by atoms with E-state index in [1.807, 2.05) is 18.7 Å². The molecule has 0 saturated carbocycles. The Hall–Kier alpha value is -1.32. The molecule has 0 fully saturated rings. The molecule has 2 aromatic rings. The van der Waals surface area contributed by atoms with E-state index >= 15 is 0 Å². The first-order chi connectivity index (χ1) is 8.90. The summed E-state index contributed by atoms with van der Waals surface area (Å²) in [5.74, 6) is 0. The van der Waals surface area contributed by atoms with Crippen molar-refractivity contribution in [2.75, 3.05) is 0 Å². The molecule has 0 bridgehead atoms. The van der Waals surface area contributed by atoms with Gasteiger partial charge in [0.05, 0.1) is 16.4 Å². The molecule has 1 aromatic heterocycles. The van der Waals surface area contributed by atoms with Gasteiger partial charge < -0.3 is 5.73 Å². The molecule has 19 heavy (non-hydrogen) atoms. The van der Waals surface area contributed by atoms with Crippen molar-refractivity contribution >= 4 is 11.6 Å². The first-order valence-electron chi connectivity index (χ1n) is 6.41. The lowest BCUT2D eigenvalue weighted by atomic mass is 9.98. The van der Waals surface area contributed by atoms with Crippen LogP contribution >= 0.6 is 11.6 Å². The van der Waals surface area contributed by atoms with Gasteiger partial charge in [0.1, 0.15) is 0 Å². The van der Waals surface area contributed by atoms with E-state index < -0.39 is 0 Å². The summed E-state index contributed by atoms with van der Waals surface area (Å²) in [5.41, 5.74) is 11.8. The fourth-order valence-electron chi connectivity index (χ4n) is 2.22. The SMILES string of the molecule is Cc1ccc(C(N)Cc2c(Cl)c(C)nn2C)cc1C. The van der Waals surface area contributed by atoms with Gasteiger partial charge in [-0.15, -0.1) is 0 Å². The van der Waals surface area contributed by atoms with Crippen LogP contribution in [0.1, 0.15) is 34.1 Å². The minimum absolute atomic E-state index is 0.0633. The Morgan fingerprint density at radius 1 is 1.26 bits per heavy atom. The third-order valence-electron chi connectivity index (χ3n) is 3.63. The number of benzene rings is 1. The second-order valence-electron chi connectivity index (χ2n) is 5.12. The van der Waals surface area contributed by atoms with Crippen molar-refractivity contribution in [2.24, 2.45) is 12.8 Å². The maximum Gasteiger partial charge on any atom is 0.0847 e. The van der Waals surface area contributed by atoms with Crippen LogP contribution in [0.5, 0.6) is 0 Å². The average molecular weight is 278 g/mol. The number of nitrogens with zero attached hydrogens (tertiary/aromatic N) is 2. The van der Waals surface area contributed by atoms with Gasteiger partial charge in [-0.3, -0.25) is 4.68 Å². The summed E-state index contributed by atoms with van der Waals surface area (Å²) < 4.78 is 1.82. The molecule has 2 N–H and O–H groups in total. The molecule has 1 aromatic carbocycles. The second kappa shape index (κ2) is 5.35. The largest absolute Gasteiger partial charge is 0.324 e. The average Bonchev–Trinajstić information content (AvgIpc) is 2.59. The van der Waals surface area contributed by atoms with E-state index in [1.165, 1.54) is 11.1 Å². The maximum atomic E-state index is 6.29. The Labute approximate surface area is 119 Å². The molecule has 1 unspecified atom stereocenters. The molecular formula is C15H20ClN3. The Morgan fingerprint density at radius 2 is 1.95 bits per heavy atom. The van der Waals surface area contributed by atoms with Crippen molar-refractivity contribution < 1.29 is 0 Å². The summed E-state index contributed by atoms with van der Waals surface area (Å²) in [4.78, 5) is 0. The summed E-state index contributed by atoms with van der Waals surface area (Å²) in [6.45, 7) is 6.12. The van der Waals surface area contributed by atoms with Crippen LogP contribution in [-0.4, -0.2) is 9.78 Å². The highest BCUT2D eigenvalue weighted by Crippen LogP contribution is 2.25. The summed E-state index contributed by atoms with van der Waals surface area (Å²) in [5, 5.41) is 5.04. The molecule has 3 nitrogen and oxygen atoms in total. The smallest absolute Gasteiger partial charge is 0.0847 e. The Morgan fingerprint density at radius 3 is 2.47 bits per heavy atom. The number of nitrogens with two attached hydrogens (primary N) is 1. The zero-order chi connectivity index (χ0) is 14.2. The van der Waals surface area contributed by atoms with E-state index in [0.29, 0.717) is 6.42 Å². The lowest BCUT2D eigenvalue weighted by molar-refractivity contribution is 0.639. The molecule has 0 aliphatic rings. The van der Waals surface area contributed by atoms with E-state index in [2.05, 4.69) is 37.1 Å². The molecule has 1 atom stereocenters. The highest BCUT2D eigenvalue weighted by molar-refractivity contribution is 6.31. The van der Waals surface area contributed by atoms with Gasteiger partial charge in [0.2, 0.25) is 0 Å². The van der Waals surface area contributed by atoms with Crippen LogP contribution in [0.15, 0.2) is 18.2 Å². The Kier molecular flexibility index (Phi) is 3.97. The van der Waals surface area contributed by atoms with Crippen molar-refractivity contribution in [2.45, 2.75) is 33.2 Å². The minimum atomic E-state index is -0.0633. The van der Waals surface area contributed by atoms with Gasteiger partial charge in [0, 0.05) is 19.5 Å². The molecule has 2 rings (SSSR count). The van der Waals surface area contributed by atoms with E-state index in [-0.39, 0.29) is 6.04 Å². The van der Waals surface area contributed by atoms with Crippen molar-refractivity contribution in [3.05, 3.63) is 51.3 Å². The maximum absolute atomic E-state index is 6.29. The van der Waals surface area contributed by atoms with Crippen LogP contribution in [0, 0.1) is 20.8 Å². The number of hydrogen-bond acceptors (Lipinski definition) is 2. The molecule has 0 amide bonds. The zero-order valence-corrected chi connectivity index (χ0v) is 12.6. The highest BCUT2D eigenvalue weighted by atomic mass is 35.5. The van der Waals surface area contributed by atoms with E-state index in [4.69, 9.17) is 17.3 Å². The standard InChI is InChI=1S/C15H20ClN3/c1-9-5-6-12(7-10(9)2)13(17)8-14-15(16)11(3)18-19(14)4/h5-7,13H,8,17H2,1-4H3. The molecule has 0 aliphatic heterocycles. The van der Waals surface area contributed by atoms with Gasteiger partial charge in [0.25, 0.3) is 0 Å². The second-order valence-corrected chi connectivity index (χ2v) is 5.50. The summed E-state index contributed by atoms with van der Waals surface area (Å²) in [6, 6.07) is 6.29. The number of hydrogen-bond donors (Lipinski definition) is 1. The summed E-state index contributed by atoms with van der Waals surface area (Å²) in [6.07, 6.45) is 0.693. The number of halogens is 1. The number of rotatable bonds is 3. The van der Waals surface area contributed by atoms with Gasteiger partial charge in [-0.25, -0.2) is 0 Å². The molecule has 0 spiro atoms. The lowest BCUT2D eigenvalue weighted by Gasteiger charge is -2.14. The fraction of sp³-hybridized carbons (Fsp3) is 0.400. The van der Waals surface area contributed by atoms with Gasteiger partial charge >= 0.3 is 0 Å². The molecule has 0 saturated heterocycles. The van der Waals surface area contributed by atoms with Crippen LogP contribution in [0.25, 0.3) is 0 Å². The minimum Gasteiger partial charge on any atom is -0.324 e. The van der Waals surface area contributed by atoms with Crippen molar-refractivity contribution in [1.82, 2.24) is 9.78 Å². The quantitative estimate of drug-likeness (QED) is 0.936. The number of aromatic nitrogens is 2. The topological polar surface area (TPSA) is 43.8 Å².